The molecule has 1 fully saturated rings. The van der Waals surface area contributed by atoms with Gasteiger partial charge in [0.1, 0.15) is 0 Å². The molecule has 0 spiro atoms. The molecule has 1 aliphatic heterocycles. The number of aromatic amines is 1. The van der Waals surface area contributed by atoms with Gasteiger partial charge in [0.05, 0.1) is 34.9 Å². The fourth-order valence-electron chi connectivity index (χ4n) is 6.00. The predicted octanol–water partition coefficient (Wildman–Crippen LogP) is 5.14. The van der Waals surface area contributed by atoms with Crippen molar-refractivity contribution in [1.82, 2.24) is 29.5 Å². The minimum atomic E-state index is -5.84. The number of fused-ring (bicyclic) bond motifs is 3. The number of hydrogen-bond acceptors (Lipinski definition) is 11. The largest absolute Gasteiger partial charge is 0.522 e. The average molecular weight is 792 g/mol. The molecule has 0 radical (unpaired) electrons. The summed E-state index contributed by atoms with van der Waals surface area (Å²) in [5, 5.41) is 0.655. The van der Waals surface area contributed by atoms with Gasteiger partial charge >= 0.3 is 27.5 Å². The second-order valence-corrected chi connectivity index (χ2v) is 13.6. The molecule has 0 unspecified atom stereocenters. The third kappa shape index (κ3) is 8.03. The maximum atomic E-state index is 14.7. The van der Waals surface area contributed by atoms with Crippen LogP contribution in [0.2, 0.25) is 0 Å². The van der Waals surface area contributed by atoms with E-state index in [4.69, 9.17) is 28.4 Å². The quantitative estimate of drug-likeness (QED) is 0.115. The van der Waals surface area contributed by atoms with Crippen molar-refractivity contribution in [3.05, 3.63) is 88.7 Å². The summed E-state index contributed by atoms with van der Waals surface area (Å²) in [6.45, 7) is 1.93. The molecule has 55 heavy (non-hydrogen) atoms. The van der Waals surface area contributed by atoms with Crippen molar-refractivity contribution in [3.8, 4) is 28.3 Å². The molecule has 0 aliphatic carbocycles. The second-order valence-electron chi connectivity index (χ2n) is 12.2. The zero-order valence-corrected chi connectivity index (χ0v) is 29.7. The standard InChI is InChI=1S/C33H30F3N9O2.CHF3O3S/c1-43-30-28(41-25-6-3-20(13-23(25)29(30)42-32(43)46)22-5-8-27(47-2)38-18-22)21-4-7-26(24(14-21)33(34,35)36)44-9-11-45(12-10-44)31-39-16-19(15-37)17-40-31;2-1(3,4)8(5,6)7/h3-8,13-14,16-18H,9-12,15,37H2,1-2H3,(H,42,46);(H,5,6,7). The second kappa shape index (κ2) is 14.8. The first kappa shape index (κ1) is 38.9. The molecule has 1 aliphatic rings. The van der Waals surface area contributed by atoms with Crippen LogP contribution in [0.1, 0.15) is 11.1 Å². The molecule has 1 saturated heterocycles. The molecule has 4 aromatic heterocycles. The van der Waals surface area contributed by atoms with Gasteiger partial charge in [-0.15, -0.1) is 0 Å². The van der Waals surface area contributed by atoms with Crippen molar-refractivity contribution in [2.75, 3.05) is 43.1 Å². The number of methoxy groups -OCH3 is 1. The lowest BCUT2D eigenvalue weighted by Crippen LogP contribution is -2.47. The number of pyridine rings is 2. The molecule has 0 saturated carbocycles. The zero-order valence-electron chi connectivity index (χ0n) is 28.9. The summed E-state index contributed by atoms with van der Waals surface area (Å²) in [6, 6.07) is 13.4. The van der Waals surface area contributed by atoms with Crippen LogP contribution in [0.5, 0.6) is 5.88 Å². The molecule has 2 aromatic carbocycles. The number of benzene rings is 2. The highest BCUT2D eigenvalue weighted by Crippen LogP contribution is 2.41. The van der Waals surface area contributed by atoms with Crippen LogP contribution in [0.3, 0.4) is 0 Å². The van der Waals surface area contributed by atoms with Gasteiger partial charge in [0, 0.05) is 92.2 Å². The van der Waals surface area contributed by atoms with Crippen molar-refractivity contribution in [2.45, 2.75) is 18.2 Å². The van der Waals surface area contributed by atoms with Crippen LogP contribution in [0.25, 0.3) is 44.3 Å². The number of anilines is 2. The number of H-pyrrole nitrogens is 1. The summed E-state index contributed by atoms with van der Waals surface area (Å²) in [6.07, 6.45) is 0.361. The fourth-order valence-corrected chi connectivity index (χ4v) is 6.00. The number of imidazole rings is 1. The highest BCUT2D eigenvalue weighted by Gasteiger charge is 2.44. The number of aryl methyl sites for hydroxylation is 1. The van der Waals surface area contributed by atoms with Gasteiger partial charge in [-0.3, -0.25) is 9.12 Å². The number of hydrogen-bond donors (Lipinski definition) is 3. The van der Waals surface area contributed by atoms with E-state index in [1.54, 1.807) is 48.7 Å². The summed E-state index contributed by atoms with van der Waals surface area (Å²) >= 11 is 0. The smallest absolute Gasteiger partial charge is 0.481 e. The number of piperazine rings is 1. The molecule has 14 nitrogen and oxygen atoms in total. The maximum absolute atomic E-state index is 14.7. The highest BCUT2D eigenvalue weighted by molar-refractivity contribution is 7.86. The van der Waals surface area contributed by atoms with Gasteiger partial charge in [0.2, 0.25) is 11.8 Å². The number of nitrogens with zero attached hydrogens (tertiary/aromatic N) is 7. The van der Waals surface area contributed by atoms with Gasteiger partial charge in [-0.1, -0.05) is 12.1 Å². The van der Waals surface area contributed by atoms with Crippen molar-refractivity contribution >= 4 is 43.7 Å². The molecule has 6 aromatic rings. The van der Waals surface area contributed by atoms with Crippen molar-refractivity contribution in [1.29, 1.82) is 0 Å². The first-order valence-corrected chi connectivity index (χ1v) is 17.6. The molecule has 0 amide bonds. The van der Waals surface area contributed by atoms with Gasteiger partial charge in [-0.2, -0.15) is 34.8 Å². The van der Waals surface area contributed by atoms with Crippen LogP contribution in [0, 0.1) is 0 Å². The summed E-state index contributed by atoms with van der Waals surface area (Å²) in [5.74, 6) is 0.996. The third-order valence-corrected chi connectivity index (χ3v) is 9.39. The number of aromatic nitrogens is 6. The molecule has 7 rings (SSSR count). The molecular weight excluding hydrogens is 760 g/mol. The summed E-state index contributed by atoms with van der Waals surface area (Å²) < 4.78 is 108. The van der Waals surface area contributed by atoms with Crippen LogP contribution in [-0.2, 0) is 29.9 Å². The lowest BCUT2D eigenvalue weighted by Gasteiger charge is -2.37. The number of nitrogens with one attached hydrogen (secondary N) is 1. The van der Waals surface area contributed by atoms with E-state index in [0.717, 1.165) is 22.8 Å². The van der Waals surface area contributed by atoms with Gasteiger partial charge < -0.3 is 25.3 Å². The fraction of sp³-hybridized carbons (Fsp3) is 0.265. The molecular formula is C34H31F6N9O5S. The minimum Gasteiger partial charge on any atom is -0.481 e. The Balaban J connectivity index is 0.000000581. The lowest BCUT2D eigenvalue weighted by atomic mass is 10.00. The van der Waals surface area contributed by atoms with E-state index in [0.29, 0.717) is 66.5 Å². The molecule has 21 heteroatoms. The Labute approximate surface area is 308 Å². The molecule has 290 valence electrons. The first-order valence-electron chi connectivity index (χ1n) is 16.2. The zero-order chi connectivity index (χ0) is 39.9. The maximum Gasteiger partial charge on any atom is 0.522 e. The molecule has 0 bridgehead atoms. The lowest BCUT2D eigenvalue weighted by molar-refractivity contribution is -0.137. The van der Waals surface area contributed by atoms with Crippen LogP contribution in [0.15, 0.2) is 71.9 Å². The first-order chi connectivity index (χ1) is 25.9. The van der Waals surface area contributed by atoms with Crippen molar-refractivity contribution in [2.24, 2.45) is 12.8 Å². The Morgan fingerprint density at radius 3 is 2.05 bits per heavy atom. The van der Waals surface area contributed by atoms with Crippen LogP contribution < -0.4 is 26.0 Å². The van der Waals surface area contributed by atoms with Crippen LogP contribution >= 0.6 is 0 Å². The molecule has 5 heterocycles. The topological polar surface area (TPSA) is 185 Å². The van der Waals surface area contributed by atoms with Crippen molar-refractivity contribution < 1.29 is 44.0 Å². The number of ether oxygens (including phenoxy) is 1. The number of halogens is 6. The minimum absolute atomic E-state index is 0.0815. The Bertz CT molecular complexity index is 2520. The Kier molecular flexibility index (Phi) is 10.5. The number of alkyl halides is 6. The number of rotatable bonds is 6. The average Bonchev–Trinajstić information content (AvgIpc) is 3.46. The van der Waals surface area contributed by atoms with Crippen LogP contribution in [0.4, 0.5) is 38.0 Å². The molecule has 0 atom stereocenters. The van der Waals surface area contributed by atoms with Gasteiger partial charge in [0.15, 0.2) is 0 Å². The summed E-state index contributed by atoms with van der Waals surface area (Å²) in [5.41, 5.74) is 3.39. The molecule has 4 N–H and O–H groups in total. The van der Waals surface area contributed by atoms with E-state index < -0.39 is 33.1 Å². The van der Waals surface area contributed by atoms with E-state index in [1.165, 1.54) is 17.7 Å². The normalized spacial score (nSPS) is 13.9. The summed E-state index contributed by atoms with van der Waals surface area (Å²) in [4.78, 5) is 37.2. The predicted molar refractivity (Wildman–Crippen MR) is 191 cm³/mol. The van der Waals surface area contributed by atoms with E-state index in [1.807, 2.05) is 23.1 Å². The van der Waals surface area contributed by atoms with Crippen LogP contribution in [-0.4, -0.2) is 81.3 Å². The van der Waals surface area contributed by atoms with E-state index in [2.05, 4.69) is 19.9 Å². The monoisotopic (exact) mass is 791 g/mol. The van der Waals surface area contributed by atoms with E-state index in [9.17, 15) is 31.1 Å². The van der Waals surface area contributed by atoms with E-state index in [-0.39, 0.29) is 16.9 Å². The van der Waals surface area contributed by atoms with Gasteiger partial charge in [0.25, 0.3) is 0 Å². The van der Waals surface area contributed by atoms with Gasteiger partial charge in [-0.25, -0.2) is 24.7 Å². The van der Waals surface area contributed by atoms with Gasteiger partial charge in [-0.05, 0) is 35.9 Å². The summed E-state index contributed by atoms with van der Waals surface area (Å²) in [7, 11) is -2.73. The Morgan fingerprint density at radius 2 is 1.49 bits per heavy atom. The Hall–Kier alpha value is -5.80. The third-order valence-electron chi connectivity index (χ3n) is 8.81. The SMILES string of the molecule is COc1ccc(-c2ccc3nc(-c4ccc(N5CCN(c6ncc(CN)cn6)CC5)c(C(F)(F)F)c4)c4c([nH]c(=O)n4C)c3c2)cn1.O=S(=O)(O)C(F)(F)F. The Morgan fingerprint density at radius 1 is 0.873 bits per heavy atom. The highest BCUT2D eigenvalue weighted by atomic mass is 32.2. The van der Waals surface area contributed by atoms with Crippen molar-refractivity contribution in [3.63, 3.8) is 0 Å². The number of nitrogens with two attached hydrogens (primary N) is 1. The van der Waals surface area contributed by atoms with E-state index >= 15 is 0 Å².